The van der Waals surface area contributed by atoms with Gasteiger partial charge in [0.15, 0.2) is 5.78 Å². The highest BCUT2D eigenvalue weighted by molar-refractivity contribution is 5.99. The molecule has 2 unspecified atom stereocenters. The summed E-state index contributed by atoms with van der Waals surface area (Å²) in [5.41, 5.74) is 0.0500. The number of carbonyl (C=O) groups is 1. The van der Waals surface area contributed by atoms with Gasteiger partial charge in [-0.25, -0.2) is 4.39 Å². The SMILES string of the molecule is COc1cccc(F)c1C(=O)CCN1CC(C)OCC1C. The van der Waals surface area contributed by atoms with Crippen molar-refractivity contribution in [2.24, 2.45) is 0 Å². The number of Topliss-reactive ketones (excluding diaryl/α,β-unsaturated/α-hetero) is 1. The van der Waals surface area contributed by atoms with Crippen molar-refractivity contribution in [2.75, 3.05) is 26.8 Å². The zero-order chi connectivity index (χ0) is 15.4. The molecule has 2 rings (SSSR count). The largest absolute Gasteiger partial charge is 0.496 e. The molecule has 0 bridgehead atoms. The van der Waals surface area contributed by atoms with E-state index < -0.39 is 5.82 Å². The maximum atomic E-state index is 13.9. The molecule has 0 aromatic heterocycles. The molecule has 5 heteroatoms. The predicted molar refractivity (Wildman–Crippen MR) is 78.3 cm³/mol. The number of morpholine rings is 1. The molecule has 0 spiro atoms. The summed E-state index contributed by atoms with van der Waals surface area (Å²) in [6.45, 7) is 6.15. The van der Waals surface area contributed by atoms with Gasteiger partial charge in [0.1, 0.15) is 11.6 Å². The lowest BCUT2D eigenvalue weighted by molar-refractivity contribution is -0.0488. The summed E-state index contributed by atoms with van der Waals surface area (Å²) in [7, 11) is 1.44. The van der Waals surface area contributed by atoms with Crippen LogP contribution >= 0.6 is 0 Å². The second kappa shape index (κ2) is 7.00. The van der Waals surface area contributed by atoms with E-state index in [0.29, 0.717) is 18.9 Å². The third-order valence-electron chi connectivity index (χ3n) is 3.84. The summed E-state index contributed by atoms with van der Waals surface area (Å²) < 4.78 is 24.5. The molecule has 0 N–H and O–H groups in total. The van der Waals surface area contributed by atoms with E-state index in [1.165, 1.54) is 19.2 Å². The number of methoxy groups -OCH3 is 1. The van der Waals surface area contributed by atoms with Crippen LogP contribution in [0.1, 0.15) is 30.6 Å². The first kappa shape index (κ1) is 15.9. The topological polar surface area (TPSA) is 38.8 Å². The minimum Gasteiger partial charge on any atom is -0.496 e. The Bertz CT molecular complexity index is 506. The molecule has 0 aliphatic carbocycles. The van der Waals surface area contributed by atoms with Crippen molar-refractivity contribution < 1.29 is 18.7 Å². The number of hydrogen-bond acceptors (Lipinski definition) is 4. The van der Waals surface area contributed by atoms with Gasteiger partial charge in [0.05, 0.1) is 25.4 Å². The zero-order valence-electron chi connectivity index (χ0n) is 12.8. The number of carbonyl (C=O) groups excluding carboxylic acids is 1. The van der Waals surface area contributed by atoms with Crippen LogP contribution in [0.5, 0.6) is 5.75 Å². The fourth-order valence-electron chi connectivity index (χ4n) is 2.60. The van der Waals surface area contributed by atoms with E-state index in [2.05, 4.69) is 11.8 Å². The van der Waals surface area contributed by atoms with Crippen molar-refractivity contribution in [3.05, 3.63) is 29.6 Å². The van der Waals surface area contributed by atoms with Crippen LogP contribution in [0.4, 0.5) is 4.39 Å². The van der Waals surface area contributed by atoms with Gasteiger partial charge in [-0.1, -0.05) is 6.07 Å². The zero-order valence-corrected chi connectivity index (χ0v) is 12.8. The molecule has 1 aliphatic heterocycles. The molecular formula is C16H22FNO3. The van der Waals surface area contributed by atoms with Crippen LogP contribution in [-0.4, -0.2) is 49.6 Å². The molecule has 1 heterocycles. The lowest BCUT2D eigenvalue weighted by atomic mass is 10.1. The van der Waals surface area contributed by atoms with Gasteiger partial charge in [-0.05, 0) is 26.0 Å². The van der Waals surface area contributed by atoms with Crippen molar-refractivity contribution in [3.63, 3.8) is 0 Å². The standard InChI is InChI=1S/C16H22FNO3/c1-11-10-21-12(2)9-18(11)8-7-14(19)16-13(17)5-4-6-15(16)20-3/h4-6,11-12H,7-10H2,1-3H3. The summed E-state index contributed by atoms with van der Waals surface area (Å²) >= 11 is 0. The summed E-state index contributed by atoms with van der Waals surface area (Å²) in [4.78, 5) is 14.5. The Kier molecular flexibility index (Phi) is 5.31. The van der Waals surface area contributed by atoms with Crippen molar-refractivity contribution in [2.45, 2.75) is 32.4 Å². The first-order valence-corrected chi connectivity index (χ1v) is 7.24. The molecule has 1 saturated heterocycles. The van der Waals surface area contributed by atoms with E-state index in [0.717, 1.165) is 6.54 Å². The van der Waals surface area contributed by atoms with Gasteiger partial charge < -0.3 is 9.47 Å². The van der Waals surface area contributed by atoms with Gasteiger partial charge in [0.25, 0.3) is 0 Å². The van der Waals surface area contributed by atoms with E-state index in [4.69, 9.17) is 9.47 Å². The van der Waals surface area contributed by atoms with E-state index in [1.54, 1.807) is 6.07 Å². The molecule has 4 nitrogen and oxygen atoms in total. The quantitative estimate of drug-likeness (QED) is 0.783. The molecule has 2 atom stereocenters. The molecule has 0 amide bonds. The average molecular weight is 295 g/mol. The van der Waals surface area contributed by atoms with Gasteiger partial charge >= 0.3 is 0 Å². The van der Waals surface area contributed by atoms with E-state index in [9.17, 15) is 9.18 Å². The van der Waals surface area contributed by atoms with Crippen LogP contribution in [0.3, 0.4) is 0 Å². The third-order valence-corrected chi connectivity index (χ3v) is 3.84. The highest BCUT2D eigenvalue weighted by Gasteiger charge is 2.25. The summed E-state index contributed by atoms with van der Waals surface area (Å²) in [5.74, 6) is -0.456. The number of rotatable bonds is 5. The molecule has 1 fully saturated rings. The lowest BCUT2D eigenvalue weighted by Crippen LogP contribution is -2.47. The molecule has 116 valence electrons. The first-order chi connectivity index (χ1) is 10.0. The number of hydrogen-bond donors (Lipinski definition) is 0. The Morgan fingerprint density at radius 2 is 2.24 bits per heavy atom. The summed E-state index contributed by atoms with van der Waals surface area (Å²) in [6, 6.07) is 4.71. The molecule has 0 saturated carbocycles. The van der Waals surface area contributed by atoms with Crippen LogP contribution in [-0.2, 0) is 4.74 Å². The number of halogens is 1. The Morgan fingerprint density at radius 1 is 1.48 bits per heavy atom. The normalized spacial score (nSPS) is 23.0. The van der Waals surface area contributed by atoms with Gasteiger partial charge in [0.2, 0.25) is 0 Å². The molecular weight excluding hydrogens is 273 g/mol. The maximum Gasteiger partial charge on any atom is 0.170 e. The first-order valence-electron chi connectivity index (χ1n) is 7.24. The van der Waals surface area contributed by atoms with Crippen LogP contribution < -0.4 is 4.74 Å². The fourth-order valence-corrected chi connectivity index (χ4v) is 2.60. The van der Waals surface area contributed by atoms with Crippen molar-refractivity contribution in [3.8, 4) is 5.75 Å². The van der Waals surface area contributed by atoms with Gasteiger partial charge in [-0.15, -0.1) is 0 Å². The van der Waals surface area contributed by atoms with E-state index in [1.807, 2.05) is 6.92 Å². The monoisotopic (exact) mass is 295 g/mol. The van der Waals surface area contributed by atoms with Crippen LogP contribution in [0.25, 0.3) is 0 Å². The van der Waals surface area contributed by atoms with Crippen LogP contribution in [0.2, 0.25) is 0 Å². The second-order valence-corrected chi connectivity index (χ2v) is 5.48. The van der Waals surface area contributed by atoms with E-state index >= 15 is 0 Å². The van der Waals surface area contributed by atoms with E-state index in [-0.39, 0.29) is 29.9 Å². The highest BCUT2D eigenvalue weighted by atomic mass is 19.1. The predicted octanol–water partition coefficient (Wildman–Crippen LogP) is 2.52. The molecule has 1 aromatic rings. The number of benzene rings is 1. The second-order valence-electron chi connectivity index (χ2n) is 5.48. The minimum absolute atomic E-state index is 0.0500. The van der Waals surface area contributed by atoms with Crippen molar-refractivity contribution >= 4 is 5.78 Å². The summed E-state index contributed by atoms with van der Waals surface area (Å²) in [6.07, 6.45) is 0.438. The van der Waals surface area contributed by atoms with Crippen LogP contribution in [0, 0.1) is 5.82 Å². The number of ketones is 1. The lowest BCUT2D eigenvalue weighted by Gasteiger charge is -2.36. The van der Waals surface area contributed by atoms with Gasteiger partial charge in [-0.2, -0.15) is 0 Å². The third kappa shape index (κ3) is 3.80. The molecule has 1 aromatic carbocycles. The number of ether oxygens (including phenoxy) is 2. The Hall–Kier alpha value is -1.46. The van der Waals surface area contributed by atoms with Gasteiger partial charge in [-0.3, -0.25) is 9.69 Å². The van der Waals surface area contributed by atoms with Crippen molar-refractivity contribution in [1.29, 1.82) is 0 Å². The molecule has 21 heavy (non-hydrogen) atoms. The number of nitrogens with zero attached hydrogens (tertiary/aromatic N) is 1. The van der Waals surface area contributed by atoms with Gasteiger partial charge in [0, 0.05) is 25.6 Å². The Labute approximate surface area is 124 Å². The van der Waals surface area contributed by atoms with Crippen LogP contribution in [0.15, 0.2) is 18.2 Å². The minimum atomic E-state index is -0.525. The average Bonchev–Trinajstić information content (AvgIpc) is 2.47. The maximum absolute atomic E-state index is 13.9. The summed E-state index contributed by atoms with van der Waals surface area (Å²) in [5, 5.41) is 0. The fraction of sp³-hybridized carbons (Fsp3) is 0.562. The molecule has 1 aliphatic rings. The van der Waals surface area contributed by atoms with Crippen molar-refractivity contribution in [1.82, 2.24) is 4.90 Å². The smallest absolute Gasteiger partial charge is 0.170 e. The Balaban J connectivity index is 2.02. The molecule has 0 radical (unpaired) electrons. The Morgan fingerprint density at radius 3 is 2.95 bits per heavy atom. The highest BCUT2D eigenvalue weighted by Crippen LogP contribution is 2.23.